The first-order chi connectivity index (χ1) is 8.89. The monoisotopic (exact) mass is 269 g/mol. The second kappa shape index (κ2) is 5.02. The van der Waals surface area contributed by atoms with Crippen LogP contribution in [0.5, 0.6) is 11.5 Å². The molecule has 0 radical (unpaired) electrons. The van der Waals surface area contributed by atoms with Crippen molar-refractivity contribution in [2.75, 3.05) is 26.2 Å². The Labute approximate surface area is 109 Å². The lowest BCUT2D eigenvalue weighted by Gasteiger charge is -2.45. The Morgan fingerprint density at radius 1 is 1.26 bits per heavy atom. The highest BCUT2D eigenvalue weighted by atomic mass is 16.6. The average Bonchev–Trinajstić information content (AvgIpc) is 2.36. The molecule has 1 saturated heterocycles. The maximum absolute atomic E-state index is 12.1. The Bertz CT molecular complexity index is 485. The van der Waals surface area contributed by atoms with Crippen LogP contribution >= 0.6 is 0 Å². The van der Waals surface area contributed by atoms with Crippen molar-refractivity contribution in [3.63, 3.8) is 0 Å². The molecule has 0 spiro atoms. The quantitative estimate of drug-likeness (QED) is 0.294. The number of amides is 1. The van der Waals surface area contributed by atoms with Gasteiger partial charge in [0.1, 0.15) is 13.1 Å². The number of hydroxylamine groups is 4. The number of carbonyl (C=O) groups excluding carboxylic acids is 1. The normalized spacial score (nSPS) is 26.9. The molecule has 8 nitrogen and oxygen atoms in total. The molecule has 1 aromatic carbocycles. The number of piperazine rings is 1. The summed E-state index contributed by atoms with van der Waals surface area (Å²) in [5.74, 6) is -1.43. The topological polar surface area (TPSA) is 120 Å². The molecule has 0 atom stereocenters. The molecule has 0 aliphatic carbocycles. The van der Waals surface area contributed by atoms with Gasteiger partial charge in [-0.2, -0.15) is 5.43 Å². The van der Waals surface area contributed by atoms with Crippen LogP contribution in [0.15, 0.2) is 18.2 Å². The van der Waals surface area contributed by atoms with Gasteiger partial charge < -0.3 is 25.7 Å². The summed E-state index contributed by atoms with van der Waals surface area (Å²) in [6, 6.07) is 3.54. The van der Waals surface area contributed by atoms with Gasteiger partial charge in [0.15, 0.2) is 24.6 Å². The van der Waals surface area contributed by atoms with Crippen LogP contribution in [0.25, 0.3) is 0 Å². The standard InChI is InChI=1S/C11H15N3O5/c15-9-2-1-8(7-10(9)16)11(17)12-14(19)5-3-13(18)4-6-14/h1-2,7,13,15-16H,3-6H2,(H,12,17). The van der Waals surface area contributed by atoms with Crippen LogP contribution in [0.4, 0.5) is 0 Å². The third-order valence-electron chi connectivity index (χ3n) is 3.05. The van der Waals surface area contributed by atoms with Crippen LogP contribution in [-0.2, 0) is 0 Å². The Balaban J connectivity index is 2.06. The van der Waals surface area contributed by atoms with Crippen molar-refractivity contribution in [2.45, 2.75) is 0 Å². The molecule has 0 bridgehead atoms. The molecule has 104 valence electrons. The van der Waals surface area contributed by atoms with E-state index in [1.807, 2.05) is 0 Å². The number of phenols is 2. The molecular weight excluding hydrogens is 254 g/mol. The Morgan fingerprint density at radius 3 is 2.47 bits per heavy atom. The average molecular weight is 269 g/mol. The van der Waals surface area contributed by atoms with Gasteiger partial charge in [-0.15, -0.1) is 0 Å². The molecule has 1 fully saturated rings. The first-order valence-electron chi connectivity index (χ1n) is 5.84. The second-order valence-corrected chi connectivity index (χ2v) is 4.52. The van der Waals surface area contributed by atoms with E-state index in [0.29, 0.717) is 0 Å². The summed E-state index contributed by atoms with van der Waals surface area (Å²) >= 11 is 0. The minimum atomic E-state index is -0.952. The molecule has 0 aromatic heterocycles. The number of phenolic OH excluding ortho intramolecular Hbond substituents is 2. The van der Waals surface area contributed by atoms with Crippen molar-refractivity contribution in [1.82, 2.24) is 5.43 Å². The highest BCUT2D eigenvalue weighted by molar-refractivity contribution is 5.94. The molecular formula is C11H15N3O5. The maximum Gasteiger partial charge on any atom is 0.296 e. The van der Waals surface area contributed by atoms with E-state index in [-0.39, 0.29) is 42.6 Å². The Kier molecular flexibility index (Phi) is 3.58. The minimum absolute atomic E-state index is 0.00857. The minimum Gasteiger partial charge on any atom is -0.634 e. The van der Waals surface area contributed by atoms with Gasteiger partial charge in [-0.3, -0.25) is 4.79 Å². The number of quaternary nitrogens is 2. The van der Waals surface area contributed by atoms with E-state index in [9.17, 15) is 20.3 Å². The summed E-state index contributed by atoms with van der Waals surface area (Å²) in [6.45, 7) is 0.304. The molecule has 1 aromatic rings. The van der Waals surface area contributed by atoms with Gasteiger partial charge in [0.05, 0.1) is 0 Å². The number of nitrogens with zero attached hydrogens (tertiary/aromatic N) is 1. The largest absolute Gasteiger partial charge is 0.634 e. The van der Waals surface area contributed by atoms with E-state index < -0.39 is 16.4 Å². The van der Waals surface area contributed by atoms with E-state index in [1.165, 1.54) is 12.1 Å². The number of rotatable bonds is 2. The predicted molar refractivity (Wildman–Crippen MR) is 64.7 cm³/mol. The molecule has 1 amide bonds. The lowest BCUT2D eigenvalue weighted by molar-refractivity contribution is -0.997. The zero-order chi connectivity index (χ0) is 14.0. The van der Waals surface area contributed by atoms with Crippen LogP contribution in [0.2, 0.25) is 0 Å². The molecule has 19 heavy (non-hydrogen) atoms. The van der Waals surface area contributed by atoms with E-state index in [4.69, 9.17) is 5.11 Å². The van der Waals surface area contributed by atoms with Gasteiger partial charge in [-0.25, -0.2) is 4.76 Å². The number of carbonyl (C=O) groups is 1. The van der Waals surface area contributed by atoms with Gasteiger partial charge in [-0.1, -0.05) is 0 Å². The molecule has 1 aliphatic rings. The van der Waals surface area contributed by atoms with Crippen molar-refractivity contribution in [1.29, 1.82) is 0 Å². The highest BCUT2D eigenvalue weighted by Gasteiger charge is 2.28. The number of aromatic hydroxyl groups is 2. The molecule has 4 N–H and O–H groups in total. The van der Waals surface area contributed by atoms with Gasteiger partial charge in [0.2, 0.25) is 0 Å². The van der Waals surface area contributed by atoms with Crippen molar-refractivity contribution in [3.05, 3.63) is 34.2 Å². The van der Waals surface area contributed by atoms with Crippen LogP contribution in [0.3, 0.4) is 0 Å². The highest BCUT2D eigenvalue weighted by Crippen LogP contribution is 2.24. The van der Waals surface area contributed by atoms with Crippen LogP contribution in [0, 0.1) is 10.4 Å². The molecule has 2 rings (SSSR count). The van der Waals surface area contributed by atoms with Crippen molar-refractivity contribution in [2.24, 2.45) is 0 Å². The SMILES string of the molecule is O=C(N[N+]1([O-])CC[NH+]([O-])CC1)c1ccc(O)c(O)c1. The third-order valence-corrected chi connectivity index (χ3v) is 3.05. The Morgan fingerprint density at radius 2 is 1.89 bits per heavy atom. The van der Waals surface area contributed by atoms with Crippen LogP contribution in [-0.4, -0.2) is 47.1 Å². The van der Waals surface area contributed by atoms with Gasteiger partial charge in [0, 0.05) is 5.56 Å². The van der Waals surface area contributed by atoms with Gasteiger partial charge in [-0.05, 0) is 18.2 Å². The first-order valence-corrected chi connectivity index (χ1v) is 5.84. The second-order valence-electron chi connectivity index (χ2n) is 4.52. The molecule has 1 heterocycles. The fourth-order valence-electron chi connectivity index (χ4n) is 1.87. The summed E-state index contributed by atoms with van der Waals surface area (Å²) in [6.07, 6.45) is 0. The molecule has 0 unspecified atom stereocenters. The van der Waals surface area contributed by atoms with Crippen LogP contribution < -0.4 is 10.5 Å². The fraction of sp³-hybridized carbons (Fsp3) is 0.364. The number of nitrogens with one attached hydrogen (secondary N) is 2. The molecule has 1 aliphatic heterocycles. The zero-order valence-electron chi connectivity index (χ0n) is 10.1. The van der Waals surface area contributed by atoms with Gasteiger partial charge >= 0.3 is 0 Å². The van der Waals surface area contributed by atoms with E-state index in [1.54, 1.807) is 0 Å². The number of hydrogen-bond donors (Lipinski definition) is 4. The van der Waals surface area contributed by atoms with E-state index >= 15 is 0 Å². The summed E-state index contributed by atoms with van der Waals surface area (Å²) < 4.78 is -0.952. The van der Waals surface area contributed by atoms with Gasteiger partial charge in [0.25, 0.3) is 5.91 Å². The smallest absolute Gasteiger partial charge is 0.296 e. The fourth-order valence-corrected chi connectivity index (χ4v) is 1.87. The number of benzene rings is 1. The van der Waals surface area contributed by atoms with Crippen molar-refractivity contribution < 1.29 is 24.8 Å². The molecule has 0 saturated carbocycles. The summed E-state index contributed by atoms with van der Waals surface area (Å²) in [4.78, 5) is 11.9. The summed E-state index contributed by atoms with van der Waals surface area (Å²) in [5, 5.41) is 41.7. The lowest BCUT2D eigenvalue weighted by Crippen LogP contribution is -3.11. The lowest BCUT2D eigenvalue weighted by atomic mass is 10.2. The third kappa shape index (κ3) is 3.12. The van der Waals surface area contributed by atoms with Crippen molar-refractivity contribution in [3.8, 4) is 11.5 Å². The van der Waals surface area contributed by atoms with Crippen molar-refractivity contribution >= 4 is 5.91 Å². The summed E-state index contributed by atoms with van der Waals surface area (Å²) in [5.41, 5.74) is 2.35. The maximum atomic E-state index is 12.1. The van der Waals surface area contributed by atoms with E-state index in [2.05, 4.69) is 5.43 Å². The van der Waals surface area contributed by atoms with Crippen LogP contribution in [0.1, 0.15) is 10.4 Å². The first kappa shape index (κ1) is 13.6. The predicted octanol–water partition coefficient (Wildman–Crippen LogP) is -1.55. The summed E-state index contributed by atoms with van der Waals surface area (Å²) in [7, 11) is 0. The number of hydrogen-bond acceptors (Lipinski definition) is 5. The molecule has 8 heteroatoms. The Hall–Kier alpha value is -1.87. The zero-order valence-corrected chi connectivity index (χ0v) is 10.1. The van der Waals surface area contributed by atoms with E-state index in [0.717, 1.165) is 6.07 Å².